The zero-order chi connectivity index (χ0) is 10.8. The van der Waals surface area contributed by atoms with Gasteiger partial charge in [-0.1, -0.05) is 0 Å². The van der Waals surface area contributed by atoms with Gasteiger partial charge in [0.2, 0.25) is 0 Å². The first kappa shape index (κ1) is 10.6. The number of aromatic nitrogens is 3. The maximum atomic E-state index is 11.1. The number of carbonyl (C=O) groups is 1. The van der Waals surface area contributed by atoms with Crippen LogP contribution in [-0.4, -0.2) is 32.9 Å². The van der Waals surface area contributed by atoms with E-state index in [0.29, 0.717) is 0 Å². The normalized spacial score (nSPS) is 11.4. The minimum Gasteiger partial charge on any atom is -0.460 e. The quantitative estimate of drug-likeness (QED) is 0.679. The Labute approximate surface area is 81.3 Å². The van der Waals surface area contributed by atoms with Crippen LogP contribution in [0, 0.1) is 0 Å². The van der Waals surface area contributed by atoms with Gasteiger partial charge < -0.3 is 9.84 Å². The number of H-pyrrole nitrogens is 1. The number of aliphatic hydroxyl groups is 1. The molecule has 0 aliphatic rings. The topological polar surface area (TPSA) is 88.1 Å². The molecular weight excluding hydrogens is 186 g/mol. The van der Waals surface area contributed by atoms with E-state index in [0.717, 1.165) is 0 Å². The third kappa shape index (κ3) is 2.29. The smallest absolute Gasteiger partial charge is 0.378 e. The molecule has 1 heterocycles. The van der Waals surface area contributed by atoms with Crippen LogP contribution < -0.4 is 0 Å². The van der Waals surface area contributed by atoms with E-state index in [9.17, 15) is 9.90 Å². The highest BCUT2D eigenvalue weighted by atomic mass is 16.5. The van der Waals surface area contributed by atoms with Crippen LogP contribution in [0.25, 0.3) is 0 Å². The van der Waals surface area contributed by atoms with Gasteiger partial charge in [0, 0.05) is 0 Å². The average molecular weight is 199 g/mol. The Morgan fingerprint density at radius 1 is 1.64 bits per heavy atom. The molecular formula is C8H13N3O3. The Kier molecular flexibility index (Phi) is 2.85. The fourth-order valence-electron chi connectivity index (χ4n) is 0.822. The number of rotatable bonds is 3. The Bertz CT molecular complexity index is 327. The maximum absolute atomic E-state index is 11.1. The second-order valence-electron chi connectivity index (χ2n) is 3.29. The zero-order valence-electron chi connectivity index (χ0n) is 8.37. The van der Waals surface area contributed by atoms with Crippen molar-refractivity contribution >= 4 is 5.97 Å². The molecule has 14 heavy (non-hydrogen) atoms. The lowest BCUT2D eigenvalue weighted by molar-refractivity contribution is 0.0510. The van der Waals surface area contributed by atoms with Crippen LogP contribution in [0.1, 0.15) is 37.2 Å². The number of ether oxygens (including phenoxy) is 1. The van der Waals surface area contributed by atoms with E-state index in [1.54, 1.807) is 20.8 Å². The molecule has 6 heteroatoms. The molecule has 0 saturated carbocycles. The predicted octanol–water partition coefficient (Wildman–Crippen LogP) is 0.209. The SMILES string of the molecule is CCOC(=O)c1n[nH]c(C(C)(C)O)n1. The Hall–Kier alpha value is -1.43. The van der Waals surface area contributed by atoms with E-state index in [1.165, 1.54) is 0 Å². The van der Waals surface area contributed by atoms with Gasteiger partial charge in [-0.3, -0.25) is 5.10 Å². The molecule has 0 spiro atoms. The fraction of sp³-hybridized carbons (Fsp3) is 0.625. The third-order valence-corrected chi connectivity index (χ3v) is 1.52. The van der Waals surface area contributed by atoms with Gasteiger partial charge in [-0.25, -0.2) is 9.78 Å². The van der Waals surface area contributed by atoms with Crippen molar-refractivity contribution in [1.82, 2.24) is 15.2 Å². The highest BCUT2D eigenvalue weighted by Gasteiger charge is 2.23. The average Bonchev–Trinajstić information content (AvgIpc) is 2.51. The summed E-state index contributed by atoms with van der Waals surface area (Å²) >= 11 is 0. The summed E-state index contributed by atoms with van der Waals surface area (Å²) in [6, 6.07) is 0. The van der Waals surface area contributed by atoms with Crippen molar-refractivity contribution in [3.8, 4) is 0 Å². The molecule has 1 aromatic heterocycles. The zero-order valence-corrected chi connectivity index (χ0v) is 8.37. The van der Waals surface area contributed by atoms with Gasteiger partial charge in [0.15, 0.2) is 5.82 Å². The summed E-state index contributed by atoms with van der Waals surface area (Å²) in [5.41, 5.74) is -1.14. The van der Waals surface area contributed by atoms with Gasteiger partial charge in [-0.05, 0) is 20.8 Å². The van der Waals surface area contributed by atoms with Gasteiger partial charge in [0.05, 0.1) is 6.61 Å². The van der Waals surface area contributed by atoms with E-state index in [2.05, 4.69) is 19.9 Å². The first-order chi connectivity index (χ1) is 6.45. The standard InChI is InChI=1S/C8H13N3O3/c1-4-14-6(12)5-9-7(11-10-5)8(2,3)13/h13H,4H2,1-3H3,(H,9,10,11). The van der Waals surface area contributed by atoms with E-state index in [4.69, 9.17) is 0 Å². The lowest BCUT2D eigenvalue weighted by Gasteiger charge is -2.11. The van der Waals surface area contributed by atoms with Gasteiger partial charge in [-0.15, -0.1) is 5.10 Å². The van der Waals surface area contributed by atoms with Gasteiger partial charge >= 0.3 is 5.97 Å². The molecule has 0 aliphatic carbocycles. The van der Waals surface area contributed by atoms with Gasteiger partial charge in [-0.2, -0.15) is 0 Å². The molecule has 0 unspecified atom stereocenters. The van der Waals surface area contributed by atoms with Crippen LogP contribution in [0.15, 0.2) is 0 Å². The van der Waals surface area contributed by atoms with Crippen molar-refractivity contribution in [2.45, 2.75) is 26.4 Å². The largest absolute Gasteiger partial charge is 0.460 e. The number of hydrogen-bond acceptors (Lipinski definition) is 5. The first-order valence-corrected chi connectivity index (χ1v) is 4.27. The lowest BCUT2D eigenvalue weighted by Crippen LogP contribution is -2.18. The van der Waals surface area contributed by atoms with E-state index in [1.807, 2.05) is 0 Å². The summed E-state index contributed by atoms with van der Waals surface area (Å²) in [6.07, 6.45) is 0. The Balaban J connectivity index is 2.83. The van der Waals surface area contributed by atoms with Crippen molar-refractivity contribution < 1.29 is 14.6 Å². The molecule has 0 aliphatic heterocycles. The van der Waals surface area contributed by atoms with Crippen LogP contribution in [-0.2, 0) is 10.3 Å². The molecule has 0 aromatic carbocycles. The maximum Gasteiger partial charge on any atom is 0.378 e. The van der Waals surface area contributed by atoms with Crippen molar-refractivity contribution in [2.75, 3.05) is 6.61 Å². The van der Waals surface area contributed by atoms with Crippen LogP contribution in [0.3, 0.4) is 0 Å². The van der Waals surface area contributed by atoms with Crippen molar-refractivity contribution in [1.29, 1.82) is 0 Å². The monoisotopic (exact) mass is 199 g/mol. The molecule has 0 saturated heterocycles. The molecule has 0 bridgehead atoms. The molecule has 0 fully saturated rings. The summed E-state index contributed by atoms with van der Waals surface area (Å²) in [7, 11) is 0. The van der Waals surface area contributed by atoms with E-state index < -0.39 is 11.6 Å². The minimum absolute atomic E-state index is 0.0658. The summed E-state index contributed by atoms with van der Waals surface area (Å²) in [5.74, 6) is -0.427. The second kappa shape index (κ2) is 3.75. The van der Waals surface area contributed by atoms with Crippen LogP contribution in [0.4, 0.5) is 0 Å². The van der Waals surface area contributed by atoms with Gasteiger partial charge in [0.1, 0.15) is 5.60 Å². The third-order valence-electron chi connectivity index (χ3n) is 1.52. The molecule has 1 aromatic rings. The van der Waals surface area contributed by atoms with Crippen molar-refractivity contribution in [3.63, 3.8) is 0 Å². The molecule has 0 radical (unpaired) electrons. The first-order valence-electron chi connectivity index (χ1n) is 4.27. The van der Waals surface area contributed by atoms with E-state index >= 15 is 0 Å². The summed E-state index contributed by atoms with van der Waals surface area (Å²) < 4.78 is 4.69. The second-order valence-corrected chi connectivity index (χ2v) is 3.29. The van der Waals surface area contributed by atoms with Crippen molar-refractivity contribution in [2.24, 2.45) is 0 Å². The Morgan fingerprint density at radius 2 is 2.29 bits per heavy atom. The number of nitrogens with zero attached hydrogens (tertiary/aromatic N) is 2. The fourth-order valence-corrected chi connectivity index (χ4v) is 0.822. The molecule has 1 rings (SSSR count). The van der Waals surface area contributed by atoms with Crippen LogP contribution >= 0.6 is 0 Å². The number of carbonyl (C=O) groups excluding carboxylic acids is 1. The predicted molar refractivity (Wildman–Crippen MR) is 47.6 cm³/mol. The summed E-state index contributed by atoms with van der Waals surface area (Å²) in [5, 5.41) is 15.6. The lowest BCUT2D eigenvalue weighted by atomic mass is 10.1. The van der Waals surface area contributed by atoms with Gasteiger partial charge in [0.25, 0.3) is 5.82 Å². The number of hydrogen-bond donors (Lipinski definition) is 2. The van der Waals surface area contributed by atoms with Crippen LogP contribution in [0.2, 0.25) is 0 Å². The number of aromatic amines is 1. The number of esters is 1. The van der Waals surface area contributed by atoms with E-state index in [-0.39, 0.29) is 18.3 Å². The van der Waals surface area contributed by atoms with Crippen molar-refractivity contribution in [3.05, 3.63) is 11.6 Å². The van der Waals surface area contributed by atoms with Crippen LogP contribution in [0.5, 0.6) is 0 Å². The minimum atomic E-state index is -1.14. The highest BCUT2D eigenvalue weighted by Crippen LogP contribution is 2.14. The molecule has 6 nitrogen and oxygen atoms in total. The Morgan fingerprint density at radius 3 is 2.71 bits per heavy atom. The molecule has 2 N–H and O–H groups in total. The molecule has 78 valence electrons. The molecule has 0 amide bonds. The summed E-state index contributed by atoms with van der Waals surface area (Å²) in [6.45, 7) is 5.05. The number of nitrogens with one attached hydrogen (secondary N) is 1. The highest BCUT2D eigenvalue weighted by molar-refractivity contribution is 5.84. The summed E-state index contributed by atoms with van der Waals surface area (Å²) in [4.78, 5) is 14.9. The molecule has 0 atom stereocenters.